The van der Waals surface area contributed by atoms with E-state index in [1.165, 1.54) is 5.57 Å². The summed E-state index contributed by atoms with van der Waals surface area (Å²) < 4.78 is 31.4. The maximum atomic E-state index is 12.8. The normalized spacial score (nSPS) is 32.3. The summed E-state index contributed by atoms with van der Waals surface area (Å²) in [6, 6.07) is 0. The molecule has 0 N–H and O–H groups in total. The fourth-order valence-electron chi connectivity index (χ4n) is 7.14. The summed E-state index contributed by atoms with van der Waals surface area (Å²) in [6.07, 6.45) is 12.0. The van der Waals surface area contributed by atoms with E-state index in [4.69, 9.17) is 23.4 Å². The van der Waals surface area contributed by atoms with Crippen LogP contribution >= 0.6 is 0 Å². The van der Waals surface area contributed by atoms with Crippen LogP contribution in [0.2, 0.25) is 16.6 Å². The largest absolute Gasteiger partial charge is 0.450 e. The second-order valence-electron chi connectivity index (χ2n) is 13.9. The summed E-state index contributed by atoms with van der Waals surface area (Å²) in [5, 5.41) is 0. The molecule has 236 valence electrons. The van der Waals surface area contributed by atoms with E-state index < -0.39 is 26.2 Å². The fraction of sp³-hybridized carbons (Fsp3) is 0.743. The van der Waals surface area contributed by atoms with E-state index in [0.29, 0.717) is 42.0 Å². The third-order valence-corrected chi connectivity index (χ3v) is 15.0. The van der Waals surface area contributed by atoms with Crippen molar-refractivity contribution in [3.8, 4) is 11.8 Å². The van der Waals surface area contributed by atoms with E-state index in [9.17, 15) is 4.79 Å². The molecule has 1 saturated heterocycles. The Balaban J connectivity index is 1.92. The van der Waals surface area contributed by atoms with Gasteiger partial charge in [0.05, 0.1) is 24.9 Å². The third-order valence-electron chi connectivity index (χ3n) is 8.89. The van der Waals surface area contributed by atoms with Gasteiger partial charge in [0.15, 0.2) is 5.79 Å². The molecular formula is C35H56O6Si. The quantitative estimate of drug-likeness (QED) is 0.101. The molecule has 0 aromatic heterocycles. The molecule has 0 spiro atoms. The molecule has 0 saturated carbocycles. The van der Waals surface area contributed by atoms with Crippen molar-refractivity contribution in [3.63, 3.8) is 0 Å². The standard InChI is InChI=1S/C35H56O6Si/c1-24(2)42(25(3)4,26(5)6)41-31-17-12-18-32(33-23-37-35(9,10)40-33)39-34(36)19-13-15-29-14-11-16-30(38-29)21-27(7)20-28(8)22-31/h11-12,14,17,24-27,29-33H,8,15-16,18,20-23H2,1-7,9-10H3/b17-12+/t27-,29-,30-,31?,32-,33-/m0/s1. The van der Waals surface area contributed by atoms with Crippen molar-refractivity contribution in [2.75, 3.05) is 6.61 Å². The fourth-order valence-corrected chi connectivity index (χ4v) is 12.6. The van der Waals surface area contributed by atoms with E-state index in [0.717, 1.165) is 25.7 Å². The van der Waals surface area contributed by atoms with Crippen LogP contribution in [0.4, 0.5) is 0 Å². The smallest absolute Gasteiger partial charge is 0.384 e. The van der Waals surface area contributed by atoms with Crippen LogP contribution in [0.25, 0.3) is 0 Å². The van der Waals surface area contributed by atoms with E-state index in [2.05, 4.69) is 85.1 Å². The van der Waals surface area contributed by atoms with Gasteiger partial charge in [0, 0.05) is 18.8 Å². The van der Waals surface area contributed by atoms with Crippen LogP contribution in [-0.2, 0) is 28.2 Å². The van der Waals surface area contributed by atoms with Gasteiger partial charge in [0.25, 0.3) is 0 Å². The second kappa shape index (κ2) is 15.3. The number of ether oxygens (including phenoxy) is 4. The monoisotopic (exact) mass is 600 g/mol. The van der Waals surface area contributed by atoms with Gasteiger partial charge in [-0.1, -0.05) is 90.8 Å². The summed E-state index contributed by atoms with van der Waals surface area (Å²) in [6.45, 7) is 24.8. The molecule has 0 amide bonds. The highest BCUT2D eigenvalue weighted by atomic mass is 28.4. The van der Waals surface area contributed by atoms with Crippen molar-refractivity contribution in [1.82, 2.24) is 0 Å². The number of carbonyl (C=O) groups is 1. The number of hydrogen-bond donors (Lipinski definition) is 0. The highest BCUT2D eigenvalue weighted by molar-refractivity contribution is 6.77. The number of rotatable bonds is 6. The molecule has 0 aromatic rings. The second-order valence-corrected chi connectivity index (χ2v) is 19.3. The first kappa shape index (κ1) is 34.8. The Hall–Kier alpha value is -1.69. The van der Waals surface area contributed by atoms with Gasteiger partial charge >= 0.3 is 5.97 Å². The van der Waals surface area contributed by atoms with Gasteiger partial charge in [-0.25, -0.2) is 4.79 Å². The summed E-state index contributed by atoms with van der Waals surface area (Å²) in [7, 11) is -2.15. The molecule has 0 radical (unpaired) electrons. The zero-order valence-corrected chi connectivity index (χ0v) is 28.6. The minimum atomic E-state index is -2.15. The van der Waals surface area contributed by atoms with Crippen LogP contribution in [0.15, 0.2) is 36.5 Å². The molecule has 3 aliphatic rings. The van der Waals surface area contributed by atoms with Crippen LogP contribution in [0.3, 0.4) is 0 Å². The number of hydrogen-bond acceptors (Lipinski definition) is 6. The van der Waals surface area contributed by atoms with Crippen LogP contribution in [0.5, 0.6) is 0 Å². The Labute approximate surface area is 256 Å². The van der Waals surface area contributed by atoms with Crippen LogP contribution < -0.4 is 0 Å². The highest BCUT2D eigenvalue weighted by Crippen LogP contribution is 2.44. The van der Waals surface area contributed by atoms with Gasteiger partial charge in [-0.2, -0.15) is 0 Å². The Morgan fingerprint density at radius 3 is 2.29 bits per heavy atom. The zero-order valence-electron chi connectivity index (χ0n) is 27.6. The van der Waals surface area contributed by atoms with E-state index in [1.807, 2.05) is 19.9 Å². The minimum Gasteiger partial charge on any atom is -0.450 e. The van der Waals surface area contributed by atoms with Crippen molar-refractivity contribution in [2.24, 2.45) is 5.92 Å². The molecular weight excluding hydrogens is 544 g/mol. The number of cyclic esters (lactones) is 1. The first-order valence-corrected chi connectivity index (χ1v) is 18.2. The lowest BCUT2D eigenvalue weighted by atomic mass is 9.91. The van der Waals surface area contributed by atoms with E-state index in [-0.39, 0.29) is 24.4 Å². The zero-order chi connectivity index (χ0) is 31.1. The first-order valence-electron chi connectivity index (χ1n) is 16.1. The Bertz CT molecular complexity index is 1010. The topological polar surface area (TPSA) is 63.2 Å². The molecule has 42 heavy (non-hydrogen) atoms. The minimum absolute atomic E-state index is 0.103. The number of carbonyl (C=O) groups excluding carboxylic acids is 1. The maximum absolute atomic E-state index is 12.8. The van der Waals surface area contributed by atoms with Gasteiger partial charge in [-0.05, 0) is 62.1 Å². The van der Waals surface area contributed by atoms with Crippen molar-refractivity contribution < 1.29 is 28.2 Å². The van der Waals surface area contributed by atoms with Gasteiger partial charge in [-0.3, -0.25) is 0 Å². The molecule has 0 aromatic carbocycles. The maximum Gasteiger partial charge on any atom is 0.384 e. The Morgan fingerprint density at radius 1 is 1.00 bits per heavy atom. The van der Waals surface area contributed by atoms with E-state index in [1.54, 1.807) is 0 Å². The van der Waals surface area contributed by atoms with E-state index >= 15 is 0 Å². The van der Waals surface area contributed by atoms with Gasteiger partial charge < -0.3 is 23.4 Å². The molecule has 1 unspecified atom stereocenters. The predicted octanol–water partition coefficient (Wildman–Crippen LogP) is 8.04. The average molecular weight is 601 g/mol. The summed E-state index contributed by atoms with van der Waals surface area (Å²) in [5.41, 5.74) is 2.60. The lowest BCUT2D eigenvalue weighted by molar-refractivity contribution is -0.166. The van der Waals surface area contributed by atoms with Crippen molar-refractivity contribution in [1.29, 1.82) is 0 Å². The molecule has 6 nitrogen and oxygen atoms in total. The molecule has 0 aliphatic carbocycles. The van der Waals surface area contributed by atoms with Crippen molar-refractivity contribution >= 4 is 14.3 Å². The van der Waals surface area contributed by atoms with Crippen LogP contribution in [0.1, 0.15) is 101 Å². The lowest BCUT2D eigenvalue weighted by Crippen LogP contribution is -2.50. The molecule has 2 bridgehead atoms. The molecule has 1 fully saturated rings. The molecule has 3 rings (SSSR count). The molecule has 3 heterocycles. The van der Waals surface area contributed by atoms with Crippen LogP contribution in [0, 0.1) is 17.8 Å². The van der Waals surface area contributed by atoms with Gasteiger partial charge in [0.2, 0.25) is 8.32 Å². The number of esters is 1. The lowest BCUT2D eigenvalue weighted by Gasteiger charge is -2.44. The average Bonchev–Trinajstić information content (AvgIpc) is 3.24. The Morgan fingerprint density at radius 2 is 1.67 bits per heavy atom. The van der Waals surface area contributed by atoms with Crippen molar-refractivity contribution in [2.45, 2.75) is 154 Å². The summed E-state index contributed by atoms with van der Waals surface area (Å²) >= 11 is 0. The van der Waals surface area contributed by atoms with Crippen LogP contribution in [-0.4, -0.2) is 57.2 Å². The number of fused-ring (bicyclic) bond motifs is 2. The molecule has 6 atom stereocenters. The van der Waals surface area contributed by atoms with Gasteiger partial charge in [-0.15, -0.1) is 0 Å². The SMILES string of the molecule is C=C1CC(O[Si](C(C)C)(C(C)C)C(C)C)/C=C/C[C@@H]([C@@H]2COC(C)(C)O2)OC(=O)C#CC[C@@H]2C=CC[C@@H](C[C@@H](C)C1)O2. The highest BCUT2D eigenvalue weighted by Gasteiger charge is 2.46. The first-order chi connectivity index (χ1) is 19.7. The van der Waals surface area contributed by atoms with Crippen molar-refractivity contribution in [3.05, 3.63) is 36.5 Å². The third kappa shape index (κ3) is 9.66. The van der Waals surface area contributed by atoms with Gasteiger partial charge in [0.1, 0.15) is 12.2 Å². The Kier molecular flexibility index (Phi) is 12.7. The summed E-state index contributed by atoms with van der Waals surface area (Å²) in [4.78, 5) is 12.8. The summed E-state index contributed by atoms with van der Waals surface area (Å²) in [5.74, 6) is 4.82. The molecule has 3 aliphatic heterocycles. The molecule has 7 heteroatoms. The predicted molar refractivity (Wildman–Crippen MR) is 171 cm³/mol.